The number of nitrogens with one attached hydrogen (secondary N) is 1. The molecule has 1 heterocycles. The fourth-order valence-electron chi connectivity index (χ4n) is 3.01. The largest absolute Gasteiger partial charge is 0.506 e. The van der Waals surface area contributed by atoms with Crippen LogP contribution in [0.4, 0.5) is 11.4 Å². The van der Waals surface area contributed by atoms with E-state index in [4.69, 9.17) is 23.2 Å². The quantitative estimate of drug-likeness (QED) is 0.809. The molecule has 3 rings (SSSR count). The molecular formula is C19H21Cl2N3O2. The van der Waals surface area contributed by atoms with Crippen molar-refractivity contribution < 1.29 is 9.90 Å². The SMILES string of the molecule is O=C(CCN1CCN(c2ccccc2O)CC1)Nc1cc(Cl)ccc1Cl. The zero-order valence-electron chi connectivity index (χ0n) is 14.3. The number of halogens is 2. The number of hydrogen-bond donors (Lipinski definition) is 2. The maximum Gasteiger partial charge on any atom is 0.225 e. The van der Waals surface area contributed by atoms with Crippen molar-refractivity contribution >= 4 is 40.5 Å². The van der Waals surface area contributed by atoms with Crippen LogP contribution in [0, 0.1) is 0 Å². The first-order chi connectivity index (χ1) is 12.5. The highest BCUT2D eigenvalue weighted by Crippen LogP contribution is 2.27. The van der Waals surface area contributed by atoms with Crippen molar-refractivity contribution in [1.29, 1.82) is 0 Å². The molecule has 1 fully saturated rings. The van der Waals surface area contributed by atoms with Crippen LogP contribution in [0.5, 0.6) is 5.75 Å². The van der Waals surface area contributed by atoms with E-state index in [0.29, 0.717) is 34.4 Å². The Balaban J connectivity index is 1.46. The van der Waals surface area contributed by atoms with Crippen molar-refractivity contribution in [3.8, 4) is 5.75 Å². The number of carbonyl (C=O) groups excluding carboxylic acids is 1. The highest BCUT2D eigenvalue weighted by atomic mass is 35.5. The summed E-state index contributed by atoms with van der Waals surface area (Å²) >= 11 is 12.0. The lowest BCUT2D eigenvalue weighted by molar-refractivity contribution is -0.116. The lowest BCUT2D eigenvalue weighted by Gasteiger charge is -2.36. The fraction of sp³-hybridized carbons (Fsp3) is 0.316. The summed E-state index contributed by atoms with van der Waals surface area (Å²) in [6.07, 6.45) is 0.388. The van der Waals surface area contributed by atoms with Crippen LogP contribution in [-0.4, -0.2) is 48.6 Å². The highest BCUT2D eigenvalue weighted by molar-refractivity contribution is 6.35. The van der Waals surface area contributed by atoms with Gasteiger partial charge in [-0.3, -0.25) is 9.69 Å². The molecule has 1 aliphatic rings. The zero-order valence-corrected chi connectivity index (χ0v) is 15.8. The Kier molecular flexibility index (Phi) is 6.25. The van der Waals surface area contributed by atoms with Gasteiger partial charge in [-0.15, -0.1) is 0 Å². The van der Waals surface area contributed by atoms with Crippen molar-refractivity contribution in [1.82, 2.24) is 4.90 Å². The van der Waals surface area contributed by atoms with Crippen LogP contribution in [-0.2, 0) is 4.79 Å². The number of amides is 1. The number of anilines is 2. The minimum Gasteiger partial charge on any atom is -0.506 e. The van der Waals surface area contributed by atoms with Crippen molar-refractivity contribution in [3.05, 3.63) is 52.5 Å². The van der Waals surface area contributed by atoms with E-state index in [2.05, 4.69) is 15.1 Å². The van der Waals surface area contributed by atoms with Gasteiger partial charge in [0.25, 0.3) is 0 Å². The van der Waals surface area contributed by atoms with E-state index in [9.17, 15) is 9.90 Å². The molecule has 2 N–H and O–H groups in total. The van der Waals surface area contributed by atoms with E-state index >= 15 is 0 Å². The number of para-hydroxylation sites is 2. The van der Waals surface area contributed by atoms with Gasteiger partial charge < -0.3 is 15.3 Å². The zero-order chi connectivity index (χ0) is 18.5. The molecule has 0 radical (unpaired) electrons. The molecule has 26 heavy (non-hydrogen) atoms. The molecule has 1 saturated heterocycles. The molecular weight excluding hydrogens is 373 g/mol. The molecule has 2 aromatic rings. The molecule has 7 heteroatoms. The second-order valence-electron chi connectivity index (χ2n) is 6.24. The third kappa shape index (κ3) is 4.81. The Bertz CT molecular complexity index is 777. The third-order valence-corrected chi connectivity index (χ3v) is 5.02. The van der Waals surface area contributed by atoms with Crippen LogP contribution < -0.4 is 10.2 Å². The minimum atomic E-state index is -0.0858. The van der Waals surface area contributed by atoms with E-state index in [1.807, 2.05) is 18.2 Å². The standard InChI is InChI=1S/C19H21Cl2N3O2/c20-14-5-6-15(21)16(13-14)22-19(26)7-8-23-9-11-24(12-10-23)17-3-1-2-4-18(17)25/h1-6,13,25H,7-12H2,(H,22,26). The van der Waals surface area contributed by atoms with Crippen LogP contribution in [0.15, 0.2) is 42.5 Å². The highest BCUT2D eigenvalue weighted by Gasteiger charge is 2.19. The first-order valence-corrected chi connectivity index (χ1v) is 9.29. The number of phenols is 1. The Morgan fingerprint density at radius 2 is 1.81 bits per heavy atom. The number of hydrogen-bond acceptors (Lipinski definition) is 4. The molecule has 0 aromatic heterocycles. The topological polar surface area (TPSA) is 55.8 Å². The molecule has 5 nitrogen and oxygen atoms in total. The predicted molar refractivity (Wildman–Crippen MR) is 106 cm³/mol. The van der Waals surface area contributed by atoms with Gasteiger partial charge in [0.15, 0.2) is 0 Å². The molecule has 0 aliphatic carbocycles. The monoisotopic (exact) mass is 393 g/mol. The maximum absolute atomic E-state index is 12.2. The van der Waals surface area contributed by atoms with Gasteiger partial charge in [-0.2, -0.15) is 0 Å². The number of aromatic hydroxyl groups is 1. The molecule has 0 unspecified atom stereocenters. The van der Waals surface area contributed by atoms with Gasteiger partial charge in [-0.1, -0.05) is 35.3 Å². The van der Waals surface area contributed by atoms with Crippen molar-refractivity contribution in [3.63, 3.8) is 0 Å². The second-order valence-corrected chi connectivity index (χ2v) is 7.08. The van der Waals surface area contributed by atoms with E-state index in [0.717, 1.165) is 31.9 Å². The summed E-state index contributed by atoms with van der Waals surface area (Å²) in [7, 11) is 0. The van der Waals surface area contributed by atoms with Crippen LogP contribution >= 0.6 is 23.2 Å². The van der Waals surface area contributed by atoms with Gasteiger partial charge in [0, 0.05) is 44.2 Å². The number of phenolic OH excluding ortho intramolecular Hbond substituents is 1. The summed E-state index contributed by atoms with van der Waals surface area (Å²) in [5.41, 5.74) is 1.40. The van der Waals surface area contributed by atoms with Gasteiger partial charge in [0.1, 0.15) is 5.75 Å². The summed E-state index contributed by atoms with van der Waals surface area (Å²) < 4.78 is 0. The number of nitrogens with zero attached hydrogens (tertiary/aromatic N) is 2. The molecule has 0 saturated carbocycles. The molecule has 2 aromatic carbocycles. The van der Waals surface area contributed by atoms with Crippen LogP contribution in [0.2, 0.25) is 10.0 Å². The Labute approximate surface area is 163 Å². The van der Waals surface area contributed by atoms with E-state index in [1.165, 1.54) is 0 Å². The number of benzene rings is 2. The lowest BCUT2D eigenvalue weighted by Crippen LogP contribution is -2.47. The van der Waals surface area contributed by atoms with Crippen molar-refractivity contribution in [2.75, 3.05) is 42.9 Å². The maximum atomic E-state index is 12.2. The summed E-state index contributed by atoms with van der Waals surface area (Å²) in [5, 5.41) is 13.8. The minimum absolute atomic E-state index is 0.0858. The van der Waals surface area contributed by atoms with Crippen molar-refractivity contribution in [2.45, 2.75) is 6.42 Å². The van der Waals surface area contributed by atoms with Crippen LogP contribution in [0.25, 0.3) is 0 Å². The van der Waals surface area contributed by atoms with E-state index in [-0.39, 0.29) is 5.91 Å². The second kappa shape index (κ2) is 8.62. The molecule has 1 aliphatic heterocycles. The van der Waals surface area contributed by atoms with Crippen LogP contribution in [0.3, 0.4) is 0 Å². The van der Waals surface area contributed by atoms with Gasteiger partial charge >= 0.3 is 0 Å². The summed E-state index contributed by atoms with van der Waals surface area (Å²) in [5.74, 6) is 0.219. The average Bonchev–Trinajstić information content (AvgIpc) is 2.64. The number of rotatable bonds is 5. The van der Waals surface area contributed by atoms with Gasteiger partial charge in [-0.05, 0) is 30.3 Å². The molecule has 0 atom stereocenters. The Morgan fingerprint density at radius 3 is 2.54 bits per heavy atom. The predicted octanol–water partition coefficient (Wildman–Crippen LogP) is 3.85. The van der Waals surface area contributed by atoms with Gasteiger partial charge in [0.05, 0.1) is 16.4 Å². The smallest absolute Gasteiger partial charge is 0.225 e. The lowest BCUT2D eigenvalue weighted by atomic mass is 10.2. The summed E-state index contributed by atoms with van der Waals surface area (Å²) in [6, 6.07) is 12.4. The molecule has 0 bridgehead atoms. The molecule has 1 amide bonds. The first kappa shape index (κ1) is 18.8. The fourth-order valence-corrected chi connectivity index (χ4v) is 3.35. The molecule has 0 spiro atoms. The van der Waals surface area contributed by atoms with E-state index < -0.39 is 0 Å². The summed E-state index contributed by atoms with van der Waals surface area (Å²) in [4.78, 5) is 16.6. The Morgan fingerprint density at radius 1 is 1.08 bits per heavy atom. The molecule has 138 valence electrons. The van der Waals surface area contributed by atoms with E-state index in [1.54, 1.807) is 24.3 Å². The third-order valence-electron chi connectivity index (χ3n) is 4.45. The van der Waals surface area contributed by atoms with Crippen molar-refractivity contribution in [2.24, 2.45) is 0 Å². The summed E-state index contributed by atoms with van der Waals surface area (Å²) in [6.45, 7) is 4.01. The number of piperazine rings is 1. The number of carbonyl (C=O) groups is 1. The van der Waals surface area contributed by atoms with Gasteiger partial charge in [-0.25, -0.2) is 0 Å². The Hall–Kier alpha value is -1.95. The first-order valence-electron chi connectivity index (χ1n) is 8.53. The van der Waals surface area contributed by atoms with Gasteiger partial charge in [0.2, 0.25) is 5.91 Å². The average molecular weight is 394 g/mol. The van der Waals surface area contributed by atoms with Crippen LogP contribution in [0.1, 0.15) is 6.42 Å². The normalized spacial score (nSPS) is 15.1.